The number of carbonyl (C=O) groups is 1. The van der Waals surface area contributed by atoms with E-state index >= 15 is 0 Å². The quantitative estimate of drug-likeness (QED) is 0.847. The Morgan fingerprint density at radius 3 is 2.67 bits per heavy atom. The first kappa shape index (κ1) is 18.1. The number of hydrogen-bond acceptors (Lipinski definition) is 5. The minimum Gasteiger partial charge on any atom is -0.391 e. The van der Waals surface area contributed by atoms with E-state index in [4.69, 9.17) is 0 Å². The van der Waals surface area contributed by atoms with Gasteiger partial charge in [-0.2, -0.15) is 5.10 Å². The van der Waals surface area contributed by atoms with Gasteiger partial charge in [-0.05, 0) is 44.4 Å². The van der Waals surface area contributed by atoms with Crippen molar-refractivity contribution in [1.29, 1.82) is 0 Å². The number of aryl methyl sites for hydroxylation is 1. The lowest BCUT2D eigenvalue weighted by Gasteiger charge is -2.36. The minimum atomic E-state index is -0.307. The van der Waals surface area contributed by atoms with Crippen LogP contribution in [0.15, 0.2) is 30.6 Å². The summed E-state index contributed by atoms with van der Waals surface area (Å²) in [6.45, 7) is 5.14. The first-order chi connectivity index (χ1) is 13.1. The summed E-state index contributed by atoms with van der Waals surface area (Å²) < 4.78 is 0. The molecule has 4 rings (SSSR count). The molecule has 0 unspecified atom stereocenters. The summed E-state index contributed by atoms with van der Waals surface area (Å²) in [5.41, 5.74) is 2.78. The number of aromatic nitrogens is 3. The van der Waals surface area contributed by atoms with E-state index in [0.29, 0.717) is 11.6 Å². The number of aliphatic hydroxyl groups excluding tert-OH is 1. The highest BCUT2D eigenvalue weighted by Gasteiger charge is 2.37. The lowest BCUT2D eigenvalue weighted by Crippen LogP contribution is -2.46. The highest BCUT2D eigenvalue weighted by atomic mass is 16.3. The molecule has 2 N–H and O–H groups in total. The van der Waals surface area contributed by atoms with Gasteiger partial charge in [0.2, 0.25) is 0 Å². The average molecular weight is 369 g/mol. The number of likely N-dealkylation sites (tertiary alicyclic amines) is 2. The second-order valence-corrected chi connectivity index (χ2v) is 7.79. The molecule has 0 aliphatic carbocycles. The maximum atomic E-state index is 12.6. The van der Waals surface area contributed by atoms with Crippen molar-refractivity contribution in [3.63, 3.8) is 0 Å². The summed E-state index contributed by atoms with van der Waals surface area (Å²) in [4.78, 5) is 20.9. The maximum absolute atomic E-state index is 12.6. The van der Waals surface area contributed by atoms with Crippen LogP contribution in [-0.4, -0.2) is 74.3 Å². The molecule has 7 heteroatoms. The molecule has 2 atom stereocenters. The number of aromatic amines is 1. The molecule has 1 amide bonds. The Hall–Kier alpha value is -2.25. The van der Waals surface area contributed by atoms with Crippen molar-refractivity contribution in [2.45, 2.75) is 38.3 Å². The van der Waals surface area contributed by atoms with Gasteiger partial charge >= 0.3 is 0 Å². The number of hydrogen-bond donors (Lipinski definition) is 2. The Labute approximate surface area is 159 Å². The van der Waals surface area contributed by atoms with Crippen molar-refractivity contribution < 1.29 is 9.90 Å². The predicted octanol–water partition coefficient (Wildman–Crippen LogP) is 1.25. The third-order valence-corrected chi connectivity index (χ3v) is 5.86. The third-order valence-electron chi connectivity index (χ3n) is 5.86. The summed E-state index contributed by atoms with van der Waals surface area (Å²) in [5.74, 6) is 0.313. The summed E-state index contributed by atoms with van der Waals surface area (Å²) in [6, 6.07) is 6.03. The molecular weight excluding hydrogens is 342 g/mol. The zero-order valence-corrected chi connectivity index (χ0v) is 15.7. The highest BCUT2D eigenvalue weighted by molar-refractivity contribution is 5.94. The number of β-amino-alcohol motifs (C(OH)–C–C–N with tert-alkyl or cyclic N) is 1. The topological polar surface area (TPSA) is 85.3 Å². The number of pyridine rings is 1. The zero-order chi connectivity index (χ0) is 18.8. The second kappa shape index (κ2) is 7.78. The molecule has 0 bridgehead atoms. The molecule has 2 aliphatic rings. The van der Waals surface area contributed by atoms with Crippen LogP contribution < -0.4 is 0 Å². The van der Waals surface area contributed by atoms with Gasteiger partial charge in [0, 0.05) is 61.8 Å². The van der Waals surface area contributed by atoms with Crippen LogP contribution in [0.25, 0.3) is 0 Å². The Balaban J connectivity index is 1.30. The van der Waals surface area contributed by atoms with E-state index in [9.17, 15) is 9.90 Å². The summed E-state index contributed by atoms with van der Waals surface area (Å²) in [6.07, 6.45) is 5.73. The van der Waals surface area contributed by atoms with Crippen molar-refractivity contribution in [2.75, 3.05) is 26.2 Å². The highest BCUT2D eigenvalue weighted by Crippen LogP contribution is 2.27. The van der Waals surface area contributed by atoms with Crippen LogP contribution in [0.4, 0.5) is 0 Å². The van der Waals surface area contributed by atoms with Gasteiger partial charge in [0.15, 0.2) is 0 Å². The Morgan fingerprint density at radius 1 is 1.26 bits per heavy atom. The molecule has 2 aromatic rings. The molecule has 0 spiro atoms. The maximum Gasteiger partial charge on any atom is 0.253 e. The van der Waals surface area contributed by atoms with Gasteiger partial charge < -0.3 is 10.0 Å². The number of aliphatic hydroxyl groups is 1. The first-order valence-corrected chi connectivity index (χ1v) is 9.72. The Bertz CT molecular complexity index is 770. The largest absolute Gasteiger partial charge is 0.391 e. The molecule has 2 fully saturated rings. The smallest absolute Gasteiger partial charge is 0.253 e. The molecule has 0 radical (unpaired) electrons. The van der Waals surface area contributed by atoms with E-state index in [-0.39, 0.29) is 17.9 Å². The average Bonchev–Trinajstić information content (AvgIpc) is 3.28. The number of carbonyl (C=O) groups excluding carboxylic acids is 1. The van der Waals surface area contributed by atoms with Gasteiger partial charge in [0.25, 0.3) is 5.91 Å². The molecule has 0 aromatic carbocycles. The molecule has 2 aromatic heterocycles. The van der Waals surface area contributed by atoms with Gasteiger partial charge in [0.1, 0.15) is 0 Å². The number of H-pyrrole nitrogens is 1. The van der Waals surface area contributed by atoms with Crippen molar-refractivity contribution in [2.24, 2.45) is 5.92 Å². The number of nitrogens with one attached hydrogen (secondary N) is 1. The van der Waals surface area contributed by atoms with E-state index in [0.717, 1.165) is 56.8 Å². The lowest BCUT2D eigenvalue weighted by atomic mass is 9.99. The third kappa shape index (κ3) is 4.04. The Morgan fingerprint density at radius 2 is 2.00 bits per heavy atom. The van der Waals surface area contributed by atoms with Gasteiger partial charge in [-0.25, -0.2) is 0 Å². The zero-order valence-electron chi connectivity index (χ0n) is 15.7. The Kier molecular flexibility index (Phi) is 5.22. The molecule has 0 saturated carbocycles. The van der Waals surface area contributed by atoms with E-state index < -0.39 is 0 Å². The van der Waals surface area contributed by atoms with Crippen molar-refractivity contribution in [1.82, 2.24) is 25.0 Å². The van der Waals surface area contributed by atoms with Crippen LogP contribution in [-0.2, 0) is 6.42 Å². The van der Waals surface area contributed by atoms with Crippen LogP contribution in [0.5, 0.6) is 0 Å². The number of piperidine rings is 1. The van der Waals surface area contributed by atoms with Crippen molar-refractivity contribution in [3.05, 3.63) is 47.5 Å². The summed E-state index contributed by atoms with van der Waals surface area (Å²) in [7, 11) is 0. The van der Waals surface area contributed by atoms with Crippen LogP contribution >= 0.6 is 0 Å². The molecule has 7 nitrogen and oxygen atoms in total. The molecule has 27 heavy (non-hydrogen) atoms. The normalized spacial score (nSPS) is 24.4. The standard InChI is InChI=1S/C20H27N5O2/c1-14-10-17(23-22-14)11-16-12-25(13-19(16)26)18-4-8-24(9-5-18)20(27)15-2-6-21-7-3-15/h2-3,6-7,10,16,18-19,26H,4-5,8-9,11-13H2,1H3,(H,22,23)/t16-,19-/m1/s1. The van der Waals surface area contributed by atoms with Crippen molar-refractivity contribution in [3.8, 4) is 0 Å². The van der Waals surface area contributed by atoms with E-state index in [2.05, 4.69) is 26.1 Å². The van der Waals surface area contributed by atoms with E-state index in [1.54, 1.807) is 24.5 Å². The second-order valence-electron chi connectivity index (χ2n) is 7.79. The van der Waals surface area contributed by atoms with Crippen LogP contribution in [0, 0.1) is 12.8 Å². The van der Waals surface area contributed by atoms with Gasteiger partial charge in [-0.15, -0.1) is 0 Å². The molecule has 2 aliphatic heterocycles. The fourth-order valence-electron chi connectivity index (χ4n) is 4.34. The van der Waals surface area contributed by atoms with Gasteiger partial charge in [-0.1, -0.05) is 0 Å². The fraction of sp³-hybridized carbons (Fsp3) is 0.550. The number of amides is 1. The predicted molar refractivity (Wildman–Crippen MR) is 101 cm³/mol. The summed E-state index contributed by atoms with van der Waals surface area (Å²) >= 11 is 0. The molecule has 2 saturated heterocycles. The summed E-state index contributed by atoms with van der Waals surface area (Å²) in [5, 5.41) is 17.8. The SMILES string of the molecule is Cc1cc(C[C@@H]2CN(C3CCN(C(=O)c4ccncc4)CC3)C[C@H]2O)n[nH]1. The monoisotopic (exact) mass is 369 g/mol. The van der Waals surface area contributed by atoms with Crippen molar-refractivity contribution >= 4 is 5.91 Å². The van der Waals surface area contributed by atoms with Gasteiger partial charge in [0.05, 0.1) is 11.8 Å². The molecule has 144 valence electrons. The van der Waals surface area contributed by atoms with Crippen LogP contribution in [0.3, 0.4) is 0 Å². The van der Waals surface area contributed by atoms with E-state index in [1.807, 2.05) is 11.8 Å². The molecule has 4 heterocycles. The first-order valence-electron chi connectivity index (χ1n) is 9.72. The number of rotatable bonds is 4. The van der Waals surface area contributed by atoms with Crippen LogP contribution in [0.1, 0.15) is 34.6 Å². The number of nitrogens with zero attached hydrogens (tertiary/aromatic N) is 4. The van der Waals surface area contributed by atoms with Crippen LogP contribution in [0.2, 0.25) is 0 Å². The molecular formula is C20H27N5O2. The fourth-order valence-corrected chi connectivity index (χ4v) is 4.34. The lowest BCUT2D eigenvalue weighted by molar-refractivity contribution is 0.0627. The van der Waals surface area contributed by atoms with E-state index in [1.165, 1.54) is 0 Å². The minimum absolute atomic E-state index is 0.0871. The van der Waals surface area contributed by atoms with Gasteiger partial charge in [-0.3, -0.25) is 19.8 Å².